The van der Waals surface area contributed by atoms with Gasteiger partial charge in [-0.05, 0) is 39.0 Å². The number of ether oxygens (including phenoxy) is 1. The van der Waals surface area contributed by atoms with Crippen LogP contribution in [0.1, 0.15) is 19.5 Å². The standard InChI is InChI=1S/C19H22ClN5O3S/c1-5-24-18(27)17-16(11(3)23-25(17)6-2)22-19(24)29-10-15(26)21-13-9-12(20)7-8-14(13)28-4/h7-9H,5-6,10H2,1-4H3,(H,21,26). The number of rotatable bonds is 7. The molecule has 0 saturated carbocycles. The van der Waals surface area contributed by atoms with E-state index in [4.69, 9.17) is 16.3 Å². The van der Waals surface area contributed by atoms with E-state index in [9.17, 15) is 9.59 Å². The van der Waals surface area contributed by atoms with Gasteiger partial charge in [0.15, 0.2) is 10.7 Å². The fourth-order valence-electron chi connectivity index (χ4n) is 3.00. The quantitative estimate of drug-likeness (QED) is 0.452. The first kappa shape index (κ1) is 21.2. The van der Waals surface area contributed by atoms with Crippen LogP contribution in [0.25, 0.3) is 11.0 Å². The maximum Gasteiger partial charge on any atom is 0.280 e. The maximum atomic E-state index is 12.9. The SMILES string of the molecule is CCn1c(SCC(=O)Nc2cc(Cl)ccc2OC)nc2c(C)nn(CC)c2c1=O. The van der Waals surface area contributed by atoms with Crippen molar-refractivity contribution in [2.24, 2.45) is 0 Å². The lowest BCUT2D eigenvalue weighted by molar-refractivity contribution is -0.113. The number of aryl methyl sites for hydroxylation is 2. The van der Waals surface area contributed by atoms with Crippen molar-refractivity contribution < 1.29 is 9.53 Å². The summed E-state index contributed by atoms with van der Waals surface area (Å²) in [6.45, 7) is 6.65. The number of thioether (sulfide) groups is 1. The molecule has 29 heavy (non-hydrogen) atoms. The van der Waals surface area contributed by atoms with Gasteiger partial charge in [0.1, 0.15) is 11.3 Å². The first-order chi connectivity index (χ1) is 13.9. The topological polar surface area (TPSA) is 91.0 Å². The highest BCUT2D eigenvalue weighted by Crippen LogP contribution is 2.28. The number of nitrogens with zero attached hydrogens (tertiary/aromatic N) is 4. The molecule has 0 unspecified atom stereocenters. The molecule has 0 bridgehead atoms. The number of aromatic nitrogens is 4. The molecular formula is C19H22ClN5O3S. The summed E-state index contributed by atoms with van der Waals surface area (Å²) in [6, 6.07) is 4.99. The molecule has 0 saturated heterocycles. The molecule has 0 fully saturated rings. The van der Waals surface area contributed by atoms with E-state index in [0.717, 1.165) is 0 Å². The van der Waals surface area contributed by atoms with Gasteiger partial charge >= 0.3 is 0 Å². The summed E-state index contributed by atoms with van der Waals surface area (Å²) in [6.07, 6.45) is 0. The number of benzene rings is 1. The Kier molecular flexibility index (Phi) is 6.49. The largest absolute Gasteiger partial charge is 0.495 e. The van der Waals surface area contributed by atoms with E-state index in [-0.39, 0.29) is 17.2 Å². The van der Waals surface area contributed by atoms with Crippen molar-refractivity contribution in [2.45, 2.75) is 39.0 Å². The third kappa shape index (κ3) is 4.25. The number of nitrogens with one attached hydrogen (secondary N) is 1. The van der Waals surface area contributed by atoms with E-state index in [1.54, 1.807) is 27.4 Å². The second-order valence-corrected chi connectivity index (χ2v) is 7.60. The summed E-state index contributed by atoms with van der Waals surface area (Å²) in [5.74, 6) is 0.336. The molecule has 2 aromatic heterocycles. The zero-order valence-corrected chi connectivity index (χ0v) is 18.2. The Balaban J connectivity index is 1.85. The minimum atomic E-state index is -0.256. The fourth-order valence-corrected chi connectivity index (χ4v) is 4.03. The van der Waals surface area contributed by atoms with Crippen molar-refractivity contribution in [3.8, 4) is 5.75 Å². The molecule has 0 aliphatic carbocycles. The third-order valence-electron chi connectivity index (χ3n) is 4.37. The summed E-state index contributed by atoms with van der Waals surface area (Å²) in [5.41, 5.74) is 2.09. The molecule has 1 amide bonds. The van der Waals surface area contributed by atoms with Gasteiger partial charge in [0.2, 0.25) is 5.91 Å². The van der Waals surface area contributed by atoms with Crippen molar-refractivity contribution >= 4 is 46.0 Å². The van der Waals surface area contributed by atoms with Gasteiger partial charge in [-0.15, -0.1) is 0 Å². The molecule has 2 heterocycles. The second kappa shape index (κ2) is 8.87. The van der Waals surface area contributed by atoms with Gasteiger partial charge in [0, 0.05) is 18.1 Å². The lowest BCUT2D eigenvalue weighted by Gasteiger charge is -2.12. The van der Waals surface area contributed by atoms with Crippen LogP contribution in [0.5, 0.6) is 5.75 Å². The van der Waals surface area contributed by atoms with E-state index < -0.39 is 0 Å². The van der Waals surface area contributed by atoms with Crippen molar-refractivity contribution in [1.29, 1.82) is 0 Å². The highest BCUT2D eigenvalue weighted by molar-refractivity contribution is 7.99. The van der Waals surface area contributed by atoms with Crippen LogP contribution in [0.3, 0.4) is 0 Å². The lowest BCUT2D eigenvalue weighted by atomic mass is 10.3. The van der Waals surface area contributed by atoms with Gasteiger partial charge in [0.25, 0.3) is 5.56 Å². The van der Waals surface area contributed by atoms with Crippen LogP contribution in [0, 0.1) is 6.92 Å². The molecule has 0 spiro atoms. The molecule has 3 aromatic rings. The second-order valence-electron chi connectivity index (χ2n) is 6.22. The van der Waals surface area contributed by atoms with Crippen molar-refractivity contribution in [3.63, 3.8) is 0 Å². The normalized spacial score (nSPS) is 11.1. The van der Waals surface area contributed by atoms with Crippen LogP contribution in [-0.4, -0.2) is 38.1 Å². The van der Waals surface area contributed by atoms with Gasteiger partial charge in [-0.25, -0.2) is 4.98 Å². The van der Waals surface area contributed by atoms with Gasteiger partial charge in [-0.3, -0.25) is 18.8 Å². The molecule has 1 N–H and O–H groups in total. The molecule has 154 valence electrons. The summed E-state index contributed by atoms with van der Waals surface area (Å²) < 4.78 is 8.47. The number of anilines is 1. The van der Waals surface area contributed by atoms with Crippen molar-refractivity contribution in [1.82, 2.24) is 19.3 Å². The number of fused-ring (bicyclic) bond motifs is 1. The number of carbonyl (C=O) groups is 1. The Hall–Kier alpha value is -2.52. The highest BCUT2D eigenvalue weighted by Gasteiger charge is 2.18. The minimum Gasteiger partial charge on any atom is -0.495 e. The van der Waals surface area contributed by atoms with Crippen molar-refractivity contribution in [2.75, 3.05) is 18.2 Å². The molecule has 0 aliphatic heterocycles. The fraction of sp³-hybridized carbons (Fsp3) is 0.368. The van der Waals surface area contributed by atoms with Gasteiger partial charge in [0.05, 0.1) is 24.2 Å². The number of amides is 1. The summed E-state index contributed by atoms with van der Waals surface area (Å²) in [7, 11) is 1.52. The number of halogens is 1. The van der Waals surface area contributed by atoms with E-state index in [2.05, 4.69) is 15.4 Å². The molecule has 0 radical (unpaired) electrons. The average Bonchev–Trinajstić information content (AvgIpc) is 3.02. The molecular weight excluding hydrogens is 414 g/mol. The molecule has 8 nitrogen and oxygen atoms in total. The zero-order chi connectivity index (χ0) is 21.1. The molecule has 3 rings (SSSR count). The first-order valence-electron chi connectivity index (χ1n) is 9.13. The first-order valence-corrected chi connectivity index (χ1v) is 10.5. The van der Waals surface area contributed by atoms with E-state index in [1.165, 1.54) is 18.9 Å². The average molecular weight is 436 g/mol. The van der Waals surface area contributed by atoms with Crippen LogP contribution in [0.15, 0.2) is 28.2 Å². The monoisotopic (exact) mass is 435 g/mol. The Morgan fingerprint density at radius 3 is 2.72 bits per heavy atom. The predicted octanol–water partition coefficient (Wildman–Crippen LogP) is 3.33. The number of hydrogen-bond donors (Lipinski definition) is 1. The Morgan fingerprint density at radius 2 is 2.07 bits per heavy atom. The van der Waals surface area contributed by atoms with Crippen LogP contribution >= 0.6 is 23.4 Å². The van der Waals surface area contributed by atoms with Crippen molar-refractivity contribution in [3.05, 3.63) is 39.3 Å². The highest BCUT2D eigenvalue weighted by atomic mass is 35.5. The van der Waals surface area contributed by atoms with Crippen LogP contribution in [0.2, 0.25) is 5.02 Å². The summed E-state index contributed by atoms with van der Waals surface area (Å²) >= 11 is 7.20. The van der Waals surface area contributed by atoms with Gasteiger partial charge in [-0.1, -0.05) is 23.4 Å². The number of carbonyl (C=O) groups excluding carboxylic acids is 1. The summed E-state index contributed by atoms with van der Waals surface area (Å²) in [5, 5.41) is 8.15. The van der Waals surface area contributed by atoms with E-state index >= 15 is 0 Å². The molecule has 0 atom stereocenters. The smallest absolute Gasteiger partial charge is 0.280 e. The third-order valence-corrected chi connectivity index (χ3v) is 5.58. The Labute approximate surface area is 177 Å². The van der Waals surface area contributed by atoms with Gasteiger partial charge < -0.3 is 10.1 Å². The molecule has 1 aromatic carbocycles. The maximum absolute atomic E-state index is 12.9. The van der Waals surface area contributed by atoms with Gasteiger partial charge in [-0.2, -0.15) is 5.10 Å². The predicted molar refractivity (Wildman–Crippen MR) is 115 cm³/mol. The number of methoxy groups -OCH3 is 1. The van der Waals surface area contributed by atoms with E-state index in [1.807, 2.05) is 20.8 Å². The molecule has 10 heteroatoms. The van der Waals surface area contributed by atoms with Crippen LogP contribution < -0.4 is 15.6 Å². The molecule has 0 aliphatic rings. The lowest BCUT2D eigenvalue weighted by Crippen LogP contribution is -2.25. The Morgan fingerprint density at radius 1 is 1.31 bits per heavy atom. The zero-order valence-electron chi connectivity index (χ0n) is 16.7. The summed E-state index contributed by atoms with van der Waals surface area (Å²) in [4.78, 5) is 30.0. The number of hydrogen-bond acceptors (Lipinski definition) is 6. The van der Waals surface area contributed by atoms with Crippen LogP contribution in [0.4, 0.5) is 5.69 Å². The van der Waals surface area contributed by atoms with Crippen LogP contribution in [-0.2, 0) is 17.9 Å². The Bertz CT molecular complexity index is 1130. The minimum absolute atomic E-state index is 0.0780. The van der Waals surface area contributed by atoms with E-state index in [0.29, 0.717) is 51.4 Å².